The van der Waals surface area contributed by atoms with Crippen LogP contribution in [-0.4, -0.2) is 36.7 Å². The van der Waals surface area contributed by atoms with Crippen molar-refractivity contribution in [1.29, 1.82) is 0 Å². The van der Waals surface area contributed by atoms with Gasteiger partial charge in [-0.2, -0.15) is 0 Å². The van der Waals surface area contributed by atoms with Crippen LogP contribution in [0, 0.1) is 5.92 Å². The zero-order valence-electron chi connectivity index (χ0n) is 14.0. The van der Waals surface area contributed by atoms with E-state index in [9.17, 15) is 0 Å². The molecule has 1 fully saturated rings. The molecule has 1 aromatic rings. The Hall–Kier alpha value is -1.06. The SMILES string of the molecule is CC1CCN(CCOc2ccccc2CNC(C)(C)C)C1. The quantitative estimate of drug-likeness (QED) is 0.870. The van der Waals surface area contributed by atoms with Gasteiger partial charge in [0.2, 0.25) is 0 Å². The minimum atomic E-state index is 0.124. The van der Waals surface area contributed by atoms with Crippen LogP contribution in [0.5, 0.6) is 5.75 Å². The van der Waals surface area contributed by atoms with Crippen LogP contribution in [0.15, 0.2) is 24.3 Å². The molecule has 1 aliphatic heterocycles. The molecule has 0 saturated carbocycles. The first-order chi connectivity index (χ1) is 9.94. The summed E-state index contributed by atoms with van der Waals surface area (Å²) in [4.78, 5) is 2.50. The van der Waals surface area contributed by atoms with Crippen LogP contribution in [0.3, 0.4) is 0 Å². The summed E-state index contributed by atoms with van der Waals surface area (Å²) in [6, 6.07) is 8.35. The number of ether oxygens (including phenoxy) is 1. The maximum absolute atomic E-state index is 6.02. The molecule has 1 aromatic carbocycles. The summed E-state index contributed by atoms with van der Waals surface area (Å²) in [6.07, 6.45) is 1.33. The zero-order valence-corrected chi connectivity index (χ0v) is 14.0. The van der Waals surface area contributed by atoms with Crippen molar-refractivity contribution in [2.45, 2.75) is 46.2 Å². The van der Waals surface area contributed by atoms with Crippen molar-refractivity contribution in [2.75, 3.05) is 26.2 Å². The largest absolute Gasteiger partial charge is 0.492 e. The van der Waals surface area contributed by atoms with Crippen LogP contribution in [0.1, 0.15) is 39.7 Å². The molecule has 21 heavy (non-hydrogen) atoms. The van der Waals surface area contributed by atoms with Crippen LogP contribution in [-0.2, 0) is 6.54 Å². The number of nitrogens with one attached hydrogen (secondary N) is 1. The summed E-state index contributed by atoms with van der Waals surface area (Å²) >= 11 is 0. The zero-order chi connectivity index (χ0) is 15.3. The highest BCUT2D eigenvalue weighted by molar-refractivity contribution is 5.33. The molecule has 0 spiro atoms. The number of likely N-dealkylation sites (tertiary alicyclic amines) is 1. The van der Waals surface area contributed by atoms with E-state index in [2.05, 4.69) is 56.1 Å². The molecule has 1 heterocycles. The van der Waals surface area contributed by atoms with E-state index in [4.69, 9.17) is 4.74 Å². The van der Waals surface area contributed by atoms with Gasteiger partial charge in [0.05, 0.1) is 0 Å². The summed E-state index contributed by atoms with van der Waals surface area (Å²) < 4.78 is 6.02. The van der Waals surface area contributed by atoms with Crippen molar-refractivity contribution < 1.29 is 4.74 Å². The monoisotopic (exact) mass is 290 g/mol. The Kier molecular flexibility index (Phi) is 5.65. The van der Waals surface area contributed by atoms with E-state index in [1.54, 1.807) is 0 Å². The second-order valence-corrected chi connectivity index (χ2v) is 7.25. The van der Waals surface area contributed by atoms with Gasteiger partial charge in [-0.15, -0.1) is 0 Å². The Labute approximate surface area is 129 Å². The Morgan fingerprint density at radius 2 is 2.05 bits per heavy atom. The standard InChI is InChI=1S/C18H30N2O/c1-15-9-10-20(14-15)11-12-21-17-8-6-5-7-16(17)13-19-18(2,3)4/h5-8,15,19H,9-14H2,1-4H3. The lowest BCUT2D eigenvalue weighted by Crippen LogP contribution is -2.35. The van der Waals surface area contributed by atoms with Gasteiger partial charge in [0, 0.05) is 30.7 Å². The van der Waals surface area contributed by atoms with Gasteiger partial charge < -0.3 is 10.1 Å². The molecule has 118 valence electrons. The number of nitrogens with zero attached hydrogens (tertiary/aromatic N) is 1. The van der Waals surface area contributed by atoms with Crippen LogP contribution in [0.4, 0.5) is 0 Å². The number of para-hydroxylation sites is 1. The van der Waals surface area contributed by atoms with Crippen molar-refractivity contribution in [3.05, 3.63) is 29.8 Å². The minimum absolute atomic E-state index is 0.124. The molecule has 2 rings (SSSR count). The summed E-state index contributed by atoms with van der Waals surface area (Å²) in [6.45, 7) is 14.0. The molecule has 1 aliphatic rings. The molecule has 0 aliphatic carbocycles. The molecule has 1 unspecified atom stereocenters. The van der Waals surface area contributed by atoms with E-state index >= 15 is 0 Å². The molecule has 3 heteroatoms. The molecule has 0 radical (unpaired) electrons. The fourth-order valence-electron chi connectivity index (χ4n) is 2.67. The summed E-state index contributed by atoms with van der Waals surface area (Å²) in [5, 5.41) is 3.53. The van der Waals surface area contributed by atoms with E-state index in [0.29, 0.717) is 0 Å². The maximum atomic E-state index is 6.02. The summed E-state index contributed by atoms with van der Waals surface area (Å²) in [5.41, 5.74) is 1.36. The van der Waals surface area contributed by atoms with E-state index in [0.717, 1.165) is 31.4 Å². The van der Waals surface area contributed by atoms with E-state index in [1.165, 1.54) is 25.1 Å². The highest BCUT2D eigenvalue weighted by Crippen LogP contribution is 2.19. The third-order valence-corrected chi connectivity index (χ3v) is 3.95. The lowest BCUT2D eigenvalue weighted by Gasteiger charge is -2.22. The normalized spacial score (nSPS) is 19.9. The predicted octanol–water partition coefficient (Wildman–Crippen LogP) is 3.30. The lowest BCUT2D eigenvalue weighted by atomic mass is 10.1. The maximum Gasteiger partial charge on any atom is 0.123 e. The van der Waals surface area contributed by atoms with Crippen LogP contribution < -0.4 is 10.1 Å². The van der Waals surface area contributed by atoms with Crippen molar-refractivity contribution in [3.63, 3.8) is 0 Å². The molecular weight excluding hydrogens is 260 g/mol. The predicted molar refractivity (Wildman–Crippen MR) is 88.8 cm³/mol. The molecule has 1 saturated heterocycles. The van der Waals surface area contributed by atoms with Crippen molar-refractivity contribution >= 4 is 0 Å². The average Bonchev–Trinajstić information content (AvgIpc) is 2.82. The van der Waals surface area contributed by atoms with Gasteiger partial charge in [-0.3, -0.25) is 4.90 Å². The van der Waals surface area contributed by atoms with Gasteiger partial charge in [0.25, 0.3) is 0 Å². The molecule has 0 amide bonds. The molecule has 3 nitrogen and oxygen atoms in total. The Morgan fingerprint density at radius 3 is 2.71 bits per heavy atom. The first-order valence-electron chi connectivity index (χ1n) is 8.12. The molecule has 1 atom stereocenters. The average molecular weight is 290 g/mol. The van der Waals surface area contributed by atoms with Gasteiger partial charge in [-0.25, -0.2) is 0 Å². The van der Waals surface area contributed by atoms with Gasteiger partial charge in [-0.05, 0) is 45.7 Å². The third-order valence-electron chi connectivity index (χ3n) is 3.95. The minimum Gasteiger partial charge on any atom is -0.492 e. The topological polar surface area (TPSA) is 24.5 Å². The fraction of sp³-hybridized carbons (Fsp3) is 0.667. The first kappa shape index (κ1) is 16.3. The second-order valence-electron chi connectivity index (χ2n) is 7.25. The van der Waals surface area contributed by atoms with Crippen LogP contribution >= 0.6 is 0 Å². The van der Waals surface area contributed by atoms with Crippen LogP contribution in [0.25, 0.3) is 0 Å². The summed E-state index contributed by atoms with van der Waals surface area (Å²) in [5.74, 6) is 1.86. The van der Waals surface area contributed by atoms with Crippen LogP contribution in [0.2, 0.25) is 0 Å². The van der Waals surface area contributed by atoms with Gasteiger partial charge in [0.15, 0.2) is 0 Å². The summed E-state index contributed by atoms with van der Waals surface area (Å²) in [7, 11) is 0. The Bertz CT molecular complexity index is 439. The Morgan fingerprint density at radius 1 is 1.29 bits per heavy atom. The highest BCUT2D eigenvalue weighted by atomic mass is 16.5. The first-order valence-corrected chi connectivity index (χ1v) is 8.12. The van der Waals surface area contributed by atoms with Crippen molar-refractivity contribution in [3.8, 4) is 5.75 Å². The van der Waals surface area contributed by atoms with E-state index < -0.39 is 0 Å². The van der Waals surface area contributed by atoms with E-state index in [1.807, 2.05) is 6.07 Å². The van der Waals surface area contributed by atoms with E-state index in [-0.39, 0.29) is 5.54 Å². The van der Waals surface area contributed by atoms with Gasteiger partial charge in [-0.1, -0.05) is 25.1 Å². The molecular formula is C18H30N2O. The number of rotatable bonds is 6. The molecule has 0 bridgehead atoms. The smallest absolute Gasteiger partial charge is 0.123 e. The molecule has 0 aromatic heterocycles. The number of benzene rings is 1. The number of hydrogen-bond donors (Lipinski definition) is 1. The van der Waals surface area contributed by atoms with Crippen molar-refractivity contribution in [2.24, 2.45) is 5.92 Å². The fourth-order valence-corrected chi connectivity index (χ4v) is 2.67. The molecule has 1 N–H and O–H groups in total. The Balaban J connectivity index is 1.82. The van der Waals surface area contributed by atoms with Gasteiger partial charge in [0.1, 0.15) is 12.4 Å². The third kappa shape index (κ3) is 5.68. The number of hydrogen-bond acceptors (Lipinski definition) is 3. The van der Waals surface area contributed by atoms with Crippen molar-refractivity contribution in [1.82, 2.24) is 10.2 Å². The second kappa shape index (κ2) is 7.28. The van der Waals surface area contributed by atoms with Gasteiger partial charge >= 0.3 is 0 Å². The highest BCUT2D eigenvalue weighted by Gasteiger charge is 2.18. The lowest BCUT2D eigenvalue weighted by molar-refractivity contribution is 0.232.